The average Bonchev–Trinajstić information content (AvgIpc) is 2.20. The predicted molar refractivity (Wildman–Crippen MR) is 58.8 cm³/mol. The fourth-order valence-corrected chi connectivity index (χ4v) is 1.25. The van der Waals surface area contributed by atoms with Gasteiger partial charge in [-0.05, 0) is 25.0 Å². The van der Waals surface area contributed by atoms with E-state index in [0.717, 1.165) is 11.4 Å². The minimum atomic E-state index is -2.16. The van der Waals surface area contributed by atoms with Crippen LogP contribution in [0.5, 0.6) is 0 Å². The first kappa shape index (κ1) is 12.1. The molecule has 2 N–H and O–H groups in total. The molecule has 1 atom stereocenters. The number of nitrogens with zero attached hydrogens (tertiary/aromatic N) is 1. The zero-order valence-electron chi connectivity index (χ0n) is 8.47. The van der Waals surface area contributed by atoms with Crippen LogP contribution in [0.1, 0.15) is 12.0 Å². The Bertz CT molecular complexity index is 316. The molecule has 15 heavy (non-hydrogen) atoms. The van der Waals surface area contributed by atoms with Crippen molar-refractivity contribution in [2.45, 2.75) is 13.3 Å². The second-order valence-electron chi connectivity index (χ2n) is 3.04. The van der Waals surface area contributed by atoms with Crippen molar-refractivity contribution in [2.24, 2.45) is 0 Å². The van der Waals surface area contributed by atoms with Gasteiger partial charge < -0.3 is 5.32 Å². The van der Waals surface area contributed by atoms with Crippen molar-refractivity contribution in [1.82, 2.24) is 4.98 Å². The number of hydrogen-bond donors (Lipinski definition) is 2. The van der Waals surface area contributed by atoms with Crippen LogP contribution in [-0.2, 0) is 15.5 Å². The van der Waals surface area contributed by atoms with Gasteiger partial charge in [-0.1, -0.05) is 6.07 Å². The molecule has 1 heterocycles. The molecule has 0 aliphatic heterocycles. The first-order valence-corrected chi connectivity index (χ1v) is 5.62. The van der Waals surface area contributed by atoms with Crippen LogP contribution in [0.15, 0.2) is 18.3 Å². The van der Waals surface area contributed by atoms with Gasteiger partial charge in [-0.15, -0.1) is 0 Å². The van der Waals surface area contributed by atoms with Crippen LogP contribution in [0, 0.1) is 6.92 Å². The number of pyridine rings is 1. The van der Waals surface area contributed by atoms with Crippen molar-refractivity contribution in [3.8, 4) is 0 Å². The molecular weight excluding hydrogens is 216 g/mol. The molecule has 5 nitrogen and oxygen atoms in total. The van der Waals surface area contributed by atoms with Gasteiger partial charge in [-0.3, -0.25) is 8.74 Å². The fourth-order valence-electron chi connectivity index (χ4n) is 0.991. The first-order valence-electron chi connectivity index (χ1n) is 4.59. The average molecular weight is 230 g/mol. The lowest BCUT2D eigenvalue weighted by Gasteiger charge is -2.04. The highest BCUT2D eigenvalue weighted by molar-refractivity contribution is 7.74. The van der Waals surface area contributed by atoms with E-state index in [1.54, 1.807) is 6.20 Å². The number of hydrogen-bond acceptors (Lipinski definition) is 4. The lowest BCUT2D eigenvalue weighted by Crippen LogP contribution is -2.07. The third kappa shape index (κ3) is 5.46. The van der Waals surface area contributed by atoms with Crippen LogP contribution in [0.25, 0.3) is 0 Å². The lowest BCUT2D eigenvalue weighted by molar-refractivity contribution is 0.305. The minimum Gasteiger partial charge on any atom is -0.370 e. The van der Waals surface area contributed by atoms with E-state index < -0.39 is 11.4 Å². The maximum Gasteiger partial charge on any atom is 0.301 e. The van der Waals surface area contributed by atoms with E-state index in [1.807, 2.05) is 19.1 Å². The van der Waals surface area contributed by atoms with E-state index in [2.05, 4.69) is 14.5 Å². The van der Waals surface area contributed by atoms with E-state index in [4.69, 9.17) is 4.55 Å². The van der Waals surface area contributed by atoms with E-state index in [0.29, 0.717) is 13.0 Å². The standard InChI is InChI=1S/C9H14N2O3S/c1-8-3-4-9(11-7-8)10-5-2-6-14-15(12)13/h3-4,7H,2,5-6H2,1H3,(H,10,11)(H,12,13). The van der Waals surface area contributed by atoms with Gasteiger partial charge in [0.15, 0.2) is 0 Å². The van der Waals surface area contributed by atoms with Gasteiger partial charge in [0.05, 0.1) is 6.61 Å². The molecule has 0 spiro atoms. The third-order valence-electron chi connectivity index (χ3n) is 1.72. The second kappa shape index (κ2) is 6.49. The molecule has 0 aliphatic carbocycles. The van der Waals surface area contributed by atoms with Crippen LogP contribution in [0.4, 0.5) is 5.82 Å². The highest BCUT2D eigenvalue weighted by Gasteiger charge is 1.95. The molecule has 0 aromatic carbocycles. The van der Waals surface area contributed by atoms with Crippen molar-refractivity contribution in [2.75, 3.05) is 18.5 Å². The molecule has 1 aromatic rings. The molecule has 0 saturated heterocycles. The summed E-state index contributed by atoms with van der Waals surface area (Å²) in [6.07, 6.45) is 2.43. The summed E-state index contributed by atoms with van der Waals surface area (Å²) in [5, 5.41) is 3.07. The molecule has 1 unspecified atom stereocenters. The molecule has 0 radical (unpaired) electrons. The molecule has 1 aromatic heterocycles. The number of anilines is 1. The van der Waals surface area contributed by atoms with Crippen LogP contribution in [0.3, 0.4) is 0 Å². The van der Waals surface area contributed by atoms with E-state index >= 15 is 0 Å². The highest BCUT2D eigenvalue weighted by Crippen LogP contribution is 2.03. The molecule has 0 bridgehead atoms. The molecule has 6 heteroatoms. The molecule has 0 saturated carbocycles. The van der Waals surface area contributed by atoms with Gasteiger partial charge in [0.1, 0.15) is 5.82 Å². The van der Waals surface area contributed by atoms with Crippen LogP contribution < -0.4 is 5.32 Å². The molecule has 84 valence electrons. The summed E-state index contributed by atoms with van der Waals surface area (Å²) in [5.41, 5.74) is 1.11. The van der Waals surface area contributed by atoms with Crippen molar-refractivity contribution in [1.29, 1.82) is 0 Å². The topological polar surface area (TPSA) is 71.5 Å². The Hall–Kier alpha value is -0.980. The quantitative estimate of drug-likeness (QED) is 0.570. The van der Waals surface area contributed by atoms with Crippen molar-refractivity contribution in [3.05, 3.63) is 23.9 Å². The lowest BCUT2D eigenvalue weighted by atomic mass is 10.3. The minimum absolute atomic E-state index is 0.252. The van der Waals surface area contributed by atoms with Crippen molar-refractivity contribution >= 4 is 17.2 Å². The van der Waals surface area contributed by atoms with Gasteiger partial charge in [-0.2, -0.15) is 4.21 Å². The van der Waals surface area contributed by atoms with Crippen LogP contribution >= 0.6 is 0 Å². The molecule has 0 fully saturated rings. The zero-order chi connectivity index (χ0) is 11.1. The normalized spacial score (nSPS) is 12.4. The summed E-state index contributed by atoms with van der Waals surface area (Å²) in [6.45, 7) is 2.89. The Balaban J connectivity index is 2.15. The first-order chi connectivity index (χ1) is 7.18. The summed E-state index contributed by atoms with van der Waals surface area (Å²) in [4.78, 5) is 4.15. The Labute approximate surface area is 91.4 Å². The zero-order valence-corrected chi connectivity index (χ0v) is 9.29. The number of aromatic nitrogens is 1. The third-order valence-corrected chi connectivity index (χ3v) is 2.09. The number of nitrogens with one attached hydrogen (secondary N) is 1. The summed E-state index contributed by atoms with van der Waals surface area (Å²) in [5.74, 6) is 0.797. The Morgan fingerprint density at radius 1 is 1.60 bits per heavy atom. The summed E-state index contributed by atoms with van der Waals surface area (Å²) < 4.78 is 22.9. The maximum absolute atomic E-state index is 10.1. The summed E-state index contributed by atoms with van der Waals surface area (Å²) in [7, 11) is 0. The van der Waals surface area contributed by atoms with Crippen molar-refractivity contribution in [3.63, 3.8) is 0 Å². The van der Waals surface area contributed by atoms with Gasteiger partial charge in [0.2, 0.25) is 0 Å². The molecule has 0 amide bonds. The van der Waals surface area contributed by atoms with E-state index in [-0.39, 0.29) is 6.61 Å². The molecule has 1 rings (SSSR count). The maximum atomic E-state index is 10.1. The SMILES string of the molecule is Cc1ccc(NCCCOS(=O)O)nc1. The van der Waals surface area contributed by atoms with Gasteiger partial charge in [0, 0.05) is 12.7 Å². The largest absolute Gasteiger partial charge is 0.370 e. The Morgan fingerprint density at radius 3 is 3.00 bits per heavy atom. The van der Waals surface area contributed by atoms with Gasteiger partial charge in [-0.25, -0.2) is 4.98 Å². The fraction of sp³-hybridized carbons (Fsp3) is 0.444. The van der Waals surface area contributed by atoms with Gasteiger partial charge >= 0.3 is 11.4 Å². The van der Waals surface area contributed by atoms with Crippen LogP contribution in [0.2, 0.25) is 0 Å². The van der Waals surface area contributed by atoms with Crippen molar-refractivity contribution < 1.29 is 12.9 Å². The van der Waals surface area contributed by atoms with Crippen LogP contribution in [-0.4, -0.2) is 26.9 Å². The highest BCUT2D eigenvalue weighted by atomic mass is 32.2. The van der Waals surface area contributed by atoms with E-state index in [9.17, 15) is 4.21 Å². The summed E-state index contributed by atoms with van der Waals surface area (Å²) in [6, 6.07) is 3.86. The van der Waals surface area contributed by atoms with Gasteiger partial charge in [0.25, 0.3) is 0 Å². The van der Waals surface area contributed by atoms with E-state index in [1.165, 1.54) is 0 Å². The predicted octanol–water partition coefficient (Wildman–Crippen LogP) is 1.35. The Morgan fingerprint density at radius 2 is 2.40 bits per heavy atom. The number of aryl methyl sites for hydroxylation is 1. The Kier molecular flexibility index (Phi) is 5.23. The molecular formula is C9H14N2O3S. The second-order valence-corrected chi connectivity index (χ2v) is 3.71. The monoisotopic (exact) mass is 230 g/mol. The number of rotatable bonds is 6. The summed E-state index contributed by atoms with van der Waals surface area (Å²) >= 11 is -2.16. The molecule has 0 aliphatic rings. The smallest absolute Gasteiger partial charge is 0.301 e.